The topological polar surface area (TPSA) is 118 Å². The van der Waals surface area contributed by atoms with Crippen LogP contribution in [0.15, 0.2) is 85.5 Å². The molecule has 218 valence electrons. The summed E-state index contributed by atoms with van der Waals surface area (Å²) in [4.78, 5) is 35.5. The third-order valence-electron chi connectivity index (χ3n) is 6.60. The van der Waals surface area contributed by atoms with Crippen molar-refractivity contribution >= 4 is 17.9 Å². The van der Waals surface area contributed by atoms with Crippen LogP contribution in [-0.4, -0.2) is 56.0 Å². The van der Waals surface area contributed by atoms with Crippen molar-refractivity contribution in [2.75, 3.05) is 33.0 Å². The molecule has 3 aromatic carbocycles. The predicted octanol–water partition coefficient (Wildman–Crippen LogP) is 5.01. The van der Waals surface area contributed by atoms with Crippen LogP contribution in [0, 0.1) is 0 Å². The molecule has 0 amide bonds. The molecule has 42 heavy (non-hydrogen) atoms. The Labute approximate surface area is 243 Å². The molecule has 4 rings (SSSR count). The highest BCUT2D eigenvalue weighted by Crippen LogP contribution is 2.46. The molecule has 9 heteroatoms. The lowest BCUT2D eigenvalue weighted by molar-refractivity contribution is -0.140. The fourth-order valence-corrected chi connectivity index (χ4v) is 4.41. The molecule has 1 N–H and O–H groups in total. The zero-order valence-corrected chi connectivity index (χ0v) is 23.3. The maximum absolute atomic E-state index is 12.9. The fraction of sp³-hybridized carbons (Fsp3) is 0.242. The minimum atomic E-state index is -0.616. The number of ether oxygens (including phenoxy) is 5. The lowest BCUT2D eigenvalue weighted by Crippen LogP contribution is -2.12. The van der Waals surface area contributed by atoms with E-state index < -0.39 is 24.5 Å². The quantitative estimate of drug-likeness (QED) is 0.123. The van der Waals surface area contributed by atoms with Gasteiger partial charge in [0.05, 0.1) is 31.0 Å². The number of esters is 3. The van der Waals surface area contributed by atoms with Gasteiger partial charge in [-0.05, 0) is 70.8 Å². The van der Waals surface area contributed by atoms with Crippen molar-refractivity contribution in [2.24, 2.45) is 0 Å². The molecule has 0 bridgehead atoms. The molecular weight excluding hydrogens is 540 g/mol. The standard InChI is InChI=1S/C33H32O9/c1-4-31(35)40-17-16-39-24-7-9-25(10-8-24)42-33(37)23-6-12-27-28-13-11-26(19-30(28)22(3)29(27)18-23)38-14-5-15-41-32(36)21(2)20-34/h4,6-13,18-19,22,34H,1-2,5,14-17,20H2,3H3. The highest BCUT2D eigenvalue weighted by molar-refractivity contribution is 5.93. The Bertz CT molecular complexity index is 1470. The molecule has 1 aliphatic rings. The van der Waals surface area contributed by atoms with E-state index in [1.165, 1.54) is 0 Å². The van der Waals surface area contributed by atoms with E-state index in [-0.39, 0.29) is 31.3 Å². The first-order chi connectivity index (χ1) is 20.3. The molecule has 3 aromatic rings. The van der Waals surface area contributed by atoms with Gasteiger partial charge in [0.25, 0.3) is 0 Å². The lowest BCUT2D eigenvalue weighted by atomic mass is 9.98. The number of rotatable bonds is 14. The zero-order valence-electron chi connectivity index (χ0n) is 23.3. The highest BCUT2D eigenvalue weighted by Gasteiger charge is 2.27. The maximum atomic E-state index is 12.9. The van der Waals surface area contributed by atoms with Crippen LogP contribution in [0.3, 0.4) is 0 Å². The molecule has 9 nitrogen and oxygen atoms in total. The van der Waals surface area contributed by atoms with E-state index in [9.17, 15) is 14.4 Å². The van der Waals surface area contributed by atoms with Crippen LogP contribution >= 0.6 is 0 Å². The van der Waals surface area contributed by atoms with E-state index in [1.54, 1.807) is 30.3 Å². The smallest absolute Gasteiger partial charge is 0.343 e. The van der Waals surface area contributed by atoms with Gasteiger partial charge in [-0.15, -0.1) is 0 Å². The van der Waals surface area contributed by atoms with Gasteiger partial charge in [0.1, 0.15) is 30.5 Å². The van der Waals surface area contributed by atoms with Crippen molar-refractivity contribution in [2.45, 2.75) is 19.3 Å². The van der Waals surface area contributed by atoms with Crippen molar-refractivity contribution in [3.05, 3.63) is 102 Å². The van der Waals surface area contributed by atoms with Gasteiger partial charge in [-0.1, -0.05) is 32.2 Å². The summed E-state index contributed by atoms with van der Waals surface area (Å²) in [5, 5.41) is 8.91. The highest BCUT2D eigenvalue weighted by atomic mass is 16.6. The van der Waals surface area contributed by atoms with Crippen molar-refractivity contribution in [3.63, 3.8) is 0 Å². The van der Waals surface area contributed by atoms with E-state index in [0.717, 1.165) is 28.3 Å². The van der Waals surface area contributed by atoms with E-state index >= 15 is 0 Å². The summed E-state index contributed by atoms with van der Waals surface area (Å²) in [6.07, 6.45) is 1.58. The zero-order chi connectivity index (χ0) is 30.1. The lowest BCUT2D eigenvalue weighted by Gasteiger charge is -2.11. The molecule has 0 fully saturated rings. The second-order valence-corrected chi connectivity index (χ2v) is 9.45. The Morgan fingerprint density at radius 2 is 1.45 bits per heavy atom. The molecular formula is C33H32O9. The predicted molar refractivity (Wildman–Crippen MR) is 155 cm³/mol. The maximum Gasteiger partial charge on any atom is 0.343 e. The molecule has 1 unspecified atom stereocenters. The van der Waals surface area contributed by atoms with E-state index in [1.807, 2.05) is 30.3 Å². The van der Waals surface area contributed by atoms with Crippen LogP contribution < -0.4 is 14.2 Å². The van der Waals surface area contributed by atoms with Crippen LogP contribution in [0.25, 0.3) is 11.1 Å². The molecule has 1 atom stereocenters. The average molecular weight is 573 g/mol. The van der Waals surface area contributed by atoms with Gasteiger partial charge in [0.15, 0.2) is 0 Å². The summed E-state index contributed by atoms with van der Waals surface area (Å²) in [7, 11) is 0. The summed E-state index contributed by atoms with van der Waals surface area (Å²) in [5.41, 5.74) is 4.70. The third-order valence-corrected chi connectivity index (χ3v) is 6.60. The van der Waals surface area contributed by atoms with Crippen molar-refractivity contribution in [3.8, 4) is 28.4 Å². The van der Waals surface area contributed by atoms with Crippen LogP contribution in [0.1, 0.15) is 40.7 Å². The Hall–Kier alpha value is -4.89. The van der Waals surface area contributed by atoms with Crippen LogP contribution in [-0.2, 0) is 19.1 Å². The fourth-order valence-electron chi connectivity index (χ4n) is 4.41. The number of aliphatic hydroxyl groups excluding tert-OH is 1. The van der Waals surface area contributed by atoms with Crippen molar-refractivity contribution in [1.29, 1.82) is 0 Å². The Balaban J connectivity index is 1.31. The number of hydrogen-bond donors (Lipinski definition) is 1. The molecule has 0 aliphatic heterocycles. The van der Waals surface area contributed by atoms with Crippen molar-refractivity contribution in [1.82, 2.24) is 0 Å². The van der Waals surface area contributed by atoms with E-state index in [2.05, 4.69) is 20.1 Å². The Kier molecular flexibility index (Phi) is 10.1. The Morgan fingerprint density at radius 1 is 0.810 bits per heavy atom. The van der Waals surface area contributed by atoms with Gasteiger partial charge in [-0.3, -0.25) is 0 Å². The largest absolute Gasteiger partial charge is 0.493 e. The van der Waals surface area contributed by atoms with Gasteiger partial charge in [0, 0.05) is 18.4 Å². The molecule has 0 spiro atoms. The molecule has 0 saturated carbocycles. The third kappa shape index (κ3) is 7.44. The summed E-state index contributed by atoms with van der Waals surface area (Å²) in [6, 6.07) is 18.0. The number of carbonyl (C=O) groups excluding carboxylic acids is 3. The normalized spacial score (nSPS) is 12.9. The summed E-state index contributed by atoms with van der Waals surface area (Å²) < 4.78 is 26.8. The van der Waals surface area contributed by atoms with Crippen LogP contribution in [0.5, 0.6) is 17.2 Å². The summed E-state index contributed by atoms with van der Waals surface area (Å²) in [6.45, 7) is 9.20. The van der Waals surface area contributed by atoms with E-state index in [4.69, 9.17) is 28.8 Å². The number of aliphatic hydroxyl groups is 1. The number of fused-ring (bicyclic) bond motifs is 3. The molecule has 0 saturated heterocycles. The SMILES string of the molecule is C=CC(=O)OCCOc1ccc(OC(=O)c2ccc3c(c2)C(C)c2cc(OCCCOC(=O)C(=C)CO)ccc2-3)cc1. The monoisotopic (exact) mass is 572 g/mol. The first-order valence-electron chi connectivity index (χ1n) is 13.4. The first-order valence-corrected chi connectivity index (χ1v) is 13.4. The summed E-state index contributed by atoms with van der Waals surface area (Å²) >= 11 is 0. The second-order valence-electron chi connectivity index (χ2n) is 9.45. The first kappa shape index (κ1) is 30.1. The molecule has 1 aliphatic carbocycles. The van der Waals surface area contributed by atoms with Crippen LogP contribution in [0.2, 0.25) is 0 Å². The minimum Gasteiger partial charge on any atom is -0.493 e. The van der Waals surface area contributed by atoms with Crippen LogP contribution in [0.4, 0.5) is 0 Å². The number of hydrogen-bond acceptors (Lipinski definition) is 9. The molecule has 0 aromatic heterocycles. The minimum absolute atomic E-state index is 0.0160. The van der Waals surface area contributed by atoms with Gasteiger partial charge in [-0.2, -0.15) is 0 Å². The van der Waals surface area contributed by atoms with E-state index in [0.29, 0.717) is 35.8 Å². The second kappa shape index (κ2) is 14.1. The Morgan fingerprint density at radius 3 is 2.17 bits per heavy atom. The van der Waals surface area contributed by atoms with Crippen molar-refractivity contribution < 1.29 is 43.2 Å². The average Bonchev–Trinajstić information content (AvgIpc) is 3.29. The van der Waals surface area contributed by atoms with Gasteiger partial charge >= 0.3 is 17.9 Å². The number of carbonyl (C=O) groups is 3. The number of benzene rings is 3. The van der Waals surface area contributed by atoms with Gasteiger partial charge in [0.2, 0.25) is 0 Å². The molecule has 0 radical (unpaired) electrons. The van der Waals surface area contributed by atoms with Gasteiger partial charge < -0.3 is 28.8 Å². The molecule has 0 heterocycles. The van der Waals surface area contributed by atoms with Gasteiger partial charge in [-0.25, -0.2) is 14.4 Å². The summed E-state index contributed by atoms with van der Waals surface area (Å²) in [5.74, 6) is 0.0551.